The molecule has 0 unspecified atom stereocenters. The van der Waals surface area contributed by atoms with Gasteiger partial charge in [-0.2, -0.15) is 4.98 Å². The fraction of sp³-hybridized carbons (Fsp3) is 0.467. The van der Waals surface area contributed by atoms with E-state index in [2.05, 4.69) is 25.2 Å². The summed E-state index contributed by atoms with van der Waals surface area (Å²) in [7, 11) is 3.43. The zero-order valence-corrected chi connectivity index (χ0v) is 14.6. The van der Waals surface area contributed by atoms with Crippen LogP contribution in [0.15, 0.2) is 15.0 Å². The minimum Gasteiger partial charge on any atom is -0.334 e. The molecule has 0 aliphatic carbocycles. The molecule has 4 rings (SSSR count). The second-order valence-electron chi connectivity index (χ2n) is 6.10. The Balaban J connectivity index is 1.88. The molecule has 3 aromatic rings. The molecular formula is C15H18N6O2S. The van der Waals surface area contributed by atoms with Crippen LogP contribution in [0.2, 0.25) is 0 Å². The number of rotatable bonds is 2. The maximum atomic E-state index is 12.2. The molecule has 0 aromatic carbocycles. The van der Waals surface area contributed by atoms with Crippen LogP contribution in [0.1, 0.15) is 29.6 Å². The summed E-state index contributed by atoms with van der Waals surface area (Å²) in [5, 5.41) is 3.13. The molecule has 1 saturated heterocycles. The fourth-order valence-corrected chi connectivity index (χ4v) is 4.06. The number of aromatic amines is 1. The van der Waals surface area contributed by atoms with E-state index in [1.54, 1.807) is 23.0 Å². The Morgan fingerprint density at radius 2 is 2.04 bits per heavy atom. The zero-order chi connectivity index (χ0) is 17.0. The number of fused-ring (bicyclic) bond motifs is 1. The van der Waals surface area contributed by atoms with Crippen molar-refractivity contribution in [2.24, 2.45) is 14.1 Å². The summed E-state index contributed by atoms with van der Waals surface area (Å²) in [5.74, 6) is 0.699. The molecule has 1 atom stereocenters. The van der Waals surface area contributed by atoms with Crippen LogP contribution in [0.5, 0.6) is 0 Å². The average molecular weight is 346 g/mol. The molecule has 8 nitrogen and oxygen atoms in total. The largest absolute Gasteiger partial charge is 0.334 e. The van der Waals surface area contributed by atoms with Gasteiger partial charge in [0.15, 0.2) is 11.2 Å². The molecule has 1 aliphatic heterocycles. The predicted molar refractivity (Wildman–Crippen MR) is 92.7 cm³/mol. The van der Waals surface area contributed by atoms with Gasteiger partial charge in [0, 0.05) is 26.0 Å². The van der Waals surface area contributed by atoms with Crippen molar-refractivity contribution in [3.05, 3.63) is 36.9 Å². The van der Waals surface area contributed by atoms with Gasteiger partial charge in [0.05, 0.1) is 16.7 Å². The maximum absolute atomic E-state index is 12.2. The third-order valence-corrected chi connectivity index (χ3v) is 5.39. The number of aryl methyl sites for hydroxylation is 3. The molecule has 3 aromatic heterocycles. The normalized spacial score (nSPS) is 18.0. The molecule has 0 saturated carbocycles. The van der Waals surface area contributed by atoms with Gasteiger partial charge in [0.2, 0.25) is 5.95 Å². The molecule has 1 N–H and O–H groups in total. The second kappa shape index (κ2) is 5.30. The summed E-state index contributed by atoms with van der Waals surface area (Å²) >= 11 is 1.64. The van der Waals surface area contributed by atoms with Crippen LogP contribution in [-0.2, 0) is 14.1 Å². The van der Waals surface area contributed by atoms with E-state index >= 15 is 0 Å². The number of aromatic nitrogens is 5. The molecule has 126 valence electrons. The summed E-state index contributed by atoms with van der Waals surface area (Å²) < 4.78 is 3.14. The maximum Gasteiger partial charge on any atom is 0.329 e. The van der Waals surface area contributed by atoms with E-state index in [0.717, 1.165) is 30.1 Å². The lowest BCUT2D eigenvalue weighted by Gasteiger charge is -2.24. The van der Waals surface area contributed by atoms with Gasteiger partial charge >= 0.3 is 5.69 Å². The molecule has 1 fully saturated rings. The lowest BCUT2D eigenvalue weighted by molar-refractivity contribution is 0.672. The predicted octanol–water partition coefficient (Wildman–Crippen LogP) is 1.07. The third-order valence-electron chi connectivity index (χ3n) is 4.60. The summed E-state index contributed by atoms with van der Waals surface area (Å²) in [6.45, 7) is 2.85. The van der Waals surface area contributed by atoms with Crippen molar-refractivity contribution in [2.45, 2.75) is 25.8 Å². The van der Waals surface area contributed by atoms with E-state index in [1.165, 1.54) is 4.57 Å². The van der Waals surface area contributed by atoms with E-state index < -0.39 is 11.2 Å². The minimum atomic E-state index is -0.453. The lowest BCUT2D eigenvalue weighted by atomic mass is 10.2. The van der Waals surface area contributed by atoms with Crippen molar-refractivity contribution in [3.63, 3.8) is 0 Å². The molecule has 9 heteroatoms. The Morgan fingerprint density at radius 1 is 1.25 bits per heavy atom. The first kappa shape index (κ1) is 15.1. The van der Waals surface area contributed by atoms with Crippen LogP contribution in [-0.4, -0.2) is 30.6 Å². The number of thiazole rings is 1. The van der Waals surface area contributed by atoms with Crippen molar-refractivity contribution in [3.8, 4) is 0 Å². The number of nitrogens with zero attached hydrogens (tertiary/aromatic N) is 5. The Morgan fingerprint density at radius 3 is 2.75 bits per heavy atom. The van der Waals surface area contributed by atoms with Crippen LogP contribution in [0, 0.1) is 6.92 Å². The van der Waals surface area contributed by atoms with Crippen LogP contribution >= 0.6 is 11.3 Å². The highest BCUT2D eigenvalue weighted by Crippen LogP contribution is 2.36. The highest BCUT2D eigenvalue weighted by molar-refractivity contribution is 7.09. The van der Waals surface area contributed by atoms with Gasteiger partial charge in [-0.1, -0.05) is 0 Å². The second-order valence-corrected chi connectivity index (χ2v) is 7.17. The number of hydrogen-bond acceptors (Lipinski definition) is 6. The zero-order valence-electron chi connectivity index (χ0n) is 13.7. The summed E-state index contributed by atoms with van der Waals surface area (Å²) in [4.78, 5) is 37.8. The lowest BCUT2D eigenvalue weighted by Crippen LogP contribution is -2.29. The molecule has 1 aliphatic rings. The number of nitrogens with one attached hydrogen (secondary N) is 1. The SMILES string of the molecule is Cc1nc([C@H]2CCCN2c2nc3c(c(=O)[nH]c(=O)n3C)n2C)cs1. The molecule has 0 spiro atoms. The Kier molecular flexibility index (Phi) is 3.34. The minimum absolute atomic E-state index is 0.154. The van der Waals surface area contributed by atoms with E-state index in [1.807, 2.05) is 14.0 Å². The van der Waals surface area contributed by atoms with Gasteiger partial charge in [-0.3, -0.25) is 14.3 Å². The first-order valence-electron chi connectivity index (χ1n) is 7.81. The van der Waals surface area contributed by atoms with Crippen LogP contribution in [0.3, 0.4) is 0 Å². The van der Waals surface area contributed by atoms with E-state index in [9.17, 15) is 9.59 Å². The Hall–Kier alpha value is -2.42. The van der Waals surface area contributed by atoms with Gasteiger partial charge in [-0.15, -0.1) is 11.3 Å². The first-order chi connectivity index (χ1) is 11.5. The molecule has 4 heterocycles. The highest BCUT2D eigenvalue weighted by Gasteiger charge is 2.31. The van der Waals surface area contributed by atoms with Crippen LogP contribution in [0.4, 0.5) is 5.95 Å². The van der Waals surface area contributed by atoms with Crippen LogP contribution in [0.25, 0.3) is 11.2 Å². The Bertz CT molecular complexity index is 1040. The monoisotopic (exact) mass is 346 g/mol. The fourth-order valence-electron chi connectivity index (χ4n) is 3.40. The van der Waals surface area contributed by atoms with Crippen molar-refractivity contribution in [1.82, 2.24) is 24.1 Å². The highest BCUT2D eigenvalue weighted by atomic mass is 32.1. The van der Waals surface area contributed by atoms with Crippen molar-refractivity contribution >= 4 is 28.4 Å². The van der Waals surface area contributed by atoms with Gasteiger partial charge < -0.3 is 9.47 Å². The smallest absolute Gasteiger partial charge is 0.329 e. The first-order valence-corrected chi connectivity index (χ1v) is 8.69. The standard InChI is InChI=1S/C15H18N6O2S/c1-8-16-9(7-24-8)10-5-4-6-21(10)14-17-12-11(19(14)2)13(22)18-15(23)20(12)3/h7,10H,4-6H2,1-3H3,(H,18,22,23)/t10-/m1/s1. The van der Waals surface area contributed by atoms with E-state index in [-0.39, 0.29) is 6.04 Å². The van der Waals surface area contributed by atoms with Gasteiger partial charge in [-0.25, -0.2) is 9.78 Å². The molecule has 0 radical (unpaired) electrons. The molecular weight excluding hydrogens is 328 g/mol. The van der Waals surface area contributed by atoms with Gasteiger partial charge in [0.25, 0.3) is 5.56 Å². The number of hydrogen-bond donors (Lipinski definition) is 1. The van der Waals surface area contributed by atoms with Crippen LogP contribution < -0.4 is 16.1 Å². The molecule has 24 heavy (non-hydrogen) atoms. The summed E-state index contributed by atoms with van der Waals surface area (Å²) in [5.41, 5.74) is 0.998. The Labute approximate surface area is 141 Å². The van der Waals surface area contributed by atoms with E-state index in [4.69, 9.17) is 0 Å². The van der Waals surface area contributed by atoms with Crippen molar-refractivity contribution < 1.29 is 0 Å². The van der Waals surface area contributed by atoms with Gasteiger partial charge in [0.1, 0.15) is 0 Å². The van der Waals surface area contributed by atoms with Crippen molar-refractivity contribution in [1.29, 1.82) is 0 Å². The summed E-state index contributed by atoms with van der Waals surface area (Å²) in [6.07, 6.45) is 2.04. The molecule has 0 amide bonds. The quantitative estimate of drug-likeness (QED) is 0.750. The molecule has 0 bridgehead atoms. The number of anilines is 1. The number of H-pyrrole nitrogens is 1. The topological polar surface area (TPSA) is 88.8 Å². The number of imidazole rings is 1. The van der Waals surface area contributed by atoms with Crippen molar-refractivity contribution in [2.75, 3.05) is 11.4 Å². The van der Waals surface area contributed by atoms with Gasteiger partial charge in [-0.05, 0) is 19.8 Å². The average Bonchev–Trinajstić information content (AvgIpc) is 3.23. The summed E-state index contributed by atoms with van der Waals surface area (Å²) in [6, 6.07) is 0.154. The van der Waals surface area contributed by atoms with E-state index in [0.29, 0.717) is 17.1 Å². The third kappa shape index (κ3) is 2.11.